The van der Waals surface area contributed by atoms with E-state index in [2.05, 4.69) is 5.32 Å². The third kappa shape index (κ3) is 3.19. The number of halogens is 1. The Morgan fingerprint density at radius 3 is 2.50 bits per heavy atom. The molecule has 1 aliphatic heterocycles. The Balaban J connectivity index is 2.23. The van der Waals surface area contributed by atoms with Crippen LogP contribution in [0.2, 0.25) is 0 Å². The largest absolute Gasteiger partial charge is 0.478 e. The quantitative estimate of drug-likeness (QED) is 0.617. The zero-order chi connectivity index (χ0) is 14.7. The van der Waals surface area contributed by atoms with Gasteiger partial charge in [0.15, 0.2) is 0 Å². The highest BCUT2D eigenvalue weighted by Gasteiger charge is 2.24. The molecule has 104 valence electrons. The van der Waals surface area contributed by atoms with Gasteiger partial charge in [-0.1, -0.05) is 6.07 Å². The lowest BCUT2D eigenvalue weighted by molar-refractivity contribution is -0.132. The van der Waals surface area contributed by atoms with Gasteiger partial charge in [-0.25, -0.2) is 9.18 Å². The van der Waals surface area contributed by atoms with Crippen LogP contribution in [0, 0.1) is 5.82 Å². The number of rotatable bonds is 3. The Hall–Kier alpha value is -2.70. The van der Waals surface area contributed by atoms with Crippen LogP contribution in [0.1, 0.15) is 5.56 Å². The number of carboxylic acid groups (broad SMARTS) is 1. The van der Waals surface area contributed by atoms with Crippen LogP contribution < -0.4 is 10.2 Å². The number of hydrogen-bond donors (Lipinski definition) is 2. The number of carbonyl (C=O) groups excluding carboxylic acids is 2. The van der Waals surface area contributed by atoms with E-state index in [-0.39, 0.29) is 18.8 Å². The van der Waals surface area contributed by atoms with Crippen LogP contribution in [-0.2, 0) is 14.4 Å². The third-order valence-electron chi connectivity index (χ3n) is 2.68. The van der Waals surface area contributed by atoms with Crippen LogP contribution in [-0.4, -0.2) is 36.0 Å². The maximum Gasteiger partial charge on any atom is 0.328 e. The number of amides is 2. The van der Waals surface area contributed by atoms with Crippen molar-refractivity contribution in [2.75, 3.05) is 18.0 Å². The van der Waals surface area contributed by atoms with E-state index in [1.807, 2.05) is 0 Å². The average molecular weight is 278 g/mol. The fourth-order valence-electron chi connectivity index (χ4n) is 1.86. The fraction of sp³-hybridized carbons (Fsp3) is 0.154. The van der Waals surface area contributed by atoms with Crippen LogP contribution in [0.15, 0.2) is 24.3 Å². The van der Waals surface area contributed by atoms with E-state index in [0.717, 1.165) is 12.1 Å². The zero-order valence-electron chi connectivity index (χ0n) is 10.3. The molecule has 0 atom stereocenters. The molecule has 2 rings (SSSR count). The number of aliphatic carboxylic acids is 1. The van der Waals surface area contributed by atoms with Gasteiger partial charge in [-0.15, -0.1) is 0 Å². The topological polar surface area (TPSA) is 86.7 Å². The number of benzene rings is 1. The van der Waals surface area contributed by atoms with Crippen LogP contribution in [0.4, 0.5) is 10.1 Å². The number of nitrogens with zero attached hydrogens (tertiary/aromatic N) is 1. The van der Waals surface area contributed by atoms with Gasteiger partial charge in [0.1, 0.15) is 5.82 Å². The smallest absolute Gasteiger partial charge is 0.328 e. The molecule has 0 spiro atoms. The molecule has 1 heterocycles. The first-order valence-electron chi connectivity index (χ1n) is 5.74. The number of piperazine rings is 1. The van der Waals surface area contributed by atoms with Crippen molar-refractivity contribution < 1.29 is 23.9 Å². The summed E-state index contributed by atoms with van der Waals surface area (Å²) in [6.45, 7) is -0.208. The Labute approximate surface area is 113 Å². The van der Waals surface area contributed by atoms with Gasteiger partial charge in [-0.3, -0.25) is 14.9 Å². The second-order valence-electron chi connectivity index (χ2n) is 4.21. The number of carbonyl (C=O) groups is 3. The van der Waals surface area contributed by atoms with E-state index in [0.29, 0.717) is 5.56 Å². The number of nitrogens with one attached hydrogen (secondary N) is 1. The van der Waals surface area contributed by atoms with Crippen molar-refractivity contribution in [2.45, 2.75) is 0 Å². The molecule has 2 N–H and O–H groups in total. The van der Waals surface area contributed by atoms with Gasteiger partial charge in [0.25, 0.3) is 0 Å². The van der Waals surface area contributed by atoms with Crippen molar-refractivity contribution in [2.24, 2.45) is 0 Å². The minimum atomic E-state index is -1.13. The van der Waals surface area contributed by atoms with Crippen molar-refractivity contribution in [3.05, 3.63) is 35.7 Å². The summed E-state index contributed by atoms with van der Waals surface area (Å²) in [5.41, 5.74) is 0.502. The Morgan fingerprint density at radius 1 is 1.30 bits per heavy atom. The number of carboxylic acids is 1. The van der Waals surface area contributed by atoms with Gasteiger partial charge in [0.05, 0.1) is 18.8 Å². The van der Waals surface area contributed by atoms with Crippen LogP contribution >= 0.6 is 0 Å². The highest BCUT2D eigenvalue weighted by atomic mass is 19.1. The molecule has 0 radical (unpaired) electrons. The van der Waals surface area contributed by atoms with Gasteiger partial charge in [-0.05, 0) is 23.8 Å². The van der Waals surface area contributed by atoms with E-state index in [1.165, 1.54) is 23.1 Å². The van der Waals surface area contributed by atoms with Crippen molar-refractivity contribution >= 4 is 29.5 Å². The summed E-state index contributed by atoms with van der Waals surface area (Å²) in [6, 6.07) is 4.06. The third-order valence-corrected chi connectivity index (χ3v) is 2.68. The lowest BCUT2D eigenvalue weighted by Crippen LogP contribution is -2.51. The molecule has 20 heavy (non-hydrogen) atoms. The predicted octanol–water partition coefficient (Wildman–Crippen LogP) is 0.386. The molecule has 2 amide bonds. The first kappa shape index (κ1) is 13.7. The lowest BCUT2D eigenvalue weighted by atomic mass is 10.1. The van der Waals surface area contributed by atoms with Crippen molar-refractivity contribution in [3.63, 3.8) is 0 Å². The minimum Gasteiger partial charge on any atom is -0.478 e. The molecule has 0 unspecified atom stereocenters. The summed E-state index contributed by atoms with van der Waals surface area (Å²) in [5.74, 6) is -2.74. The van der Waals surface area contributed by atoms with Gasteiger partial charge in [0, 0.05) is 6.08 Å². The highest BCUT2D eigenvalue weighted by molar-refractivity contribution is 6.02. The molecule has 1 fully saturated rings. The average Bonchev–Trinajstić information content (AvgIpc) is 2.35. The standard InChI is InChI=1S/C13H11FN2O4/c14-9-5-8(2-4-13(19)20)1-3-10(9)16-6-11(17)15-12(18)7-16/h1-5H,6-7H2,(H,19,20)(H,15,17,18). The van der Waals surface area contributed by atoms with Crippen molar-refractivity contribution in [1.29, 1.82) is 0 Å². The molecule has 0 saturated carbocycles. The number of hydrogen-bond acceptors (Lipinski definition) is 4. The van der Waals surface area contributed by atoms with E-state index in [1.54, 1.807) is 0 Å². The van der Waals surface area contributed by atoms with Crippen LogP contribution in [0.25, 0.3) is 6.08 Å². The second kappa shape index (κ2) is 5.52. The monoisotopic (exact) mass is 278 g/mol. The molecule has 1 aromatic rings. The molecule has 6 nitrogen and oxygen atoms in total. The van der Waals surface area contributed by atoms with E-state index in [4.69, 9.17) is 5.11 Å². The van der Waals surface area contributed by atoms with Gasteiger partial charge >= 0.3 is 5.97 Å². The molecule has 0 aromatic heterocycles. The molecular formula is C13H11FN2O4. The maximum absolute atomic E-state index is 13.9. The predicted molar refractivity (Wildman–Crippen MR) is 68.4 cm³/mol. The van der Waals surface area contributed by atoms with Crippen LogP contribution in [0.3, 0.4) is 0 Å². The summed E-state index contributed by atoms with van der Waals surface area (Å²) >= 11 is 0. The normalized spacial score (nSPS) is 15.6. The molecule has 7 heteroatoms. The van der Waals surface area contributed by atoms with Gasteiger partial charge < -0.3 is 10.0 Å². The summed E-state index contributed by atoms with van der Waals surface area (Å²) in [4.78, 5) is 34.2. The van der Waals surface area contributed by atoms with E-state index < -0.39 is 23.6 Å². The number of anilines is 1. The summed E-state index contributed by atoms with van der Waals surface area (Å²) in [7, 11) is 0. The molecule has 1 saturated heterocycles. The lowest BCUT2D eigenvalue weighted by Gasteiger charge is -2.27. The van der Waals surface area contributed by atoms with Gasteiger partial charge in [-0.2, -0.15) is 0 Å². The summed E-state index contributed by atoms with van der Waals surface area (Å²) in [6.07, 6.45) is 2.15. The Morgan fingerprint density at radius 2 is 1.95 bits per heavy atom. The Kier molecular flexibility index (Phi) is 3.79. The maximum atomic E-state index is 13.9. The van der Waals surface area contributed by atoms with E-state index in [9.17, 15) is 18.8 Å². The molecule has 0 aliphatic carbocycles. The SMILES string of the molecule is O=C(O)C=Cc1ccc(N2CC(=O)NC(=O)C2)c(F)c1. The van der Waals surface area contributed by atoms with Gasteiger partial charge in [0.2, 0.25) is 11.8 Å². The first-order chi connectivity index (χ1) is 9.45. The molecule has 0 bridgehead atoms. The minimum absolute atomic E-state index is 0.104. The van der Waals surface area contributed by atoms with Crippen LogP contribution in [0.5, 0.6) is 0 Å². The second-order valence-corrected chi connectivity index (χ2v) is 4.21. The van der Waals surface area contributed by atoms with Crippen molar-refractivity contribution in [3.8, 4) is 0 Å². The van der Waals surface area contributed by atoms with Crippen molar-refractivity contribution in [1.82, 2.24) is 5.32 Å². The Bertz CT molecular complexity index is 596. The van der Waals surface area contributed by atoms with E-state index >= 15 is 0 Å². The molecule has 1 aromatic carbocycles. The summed E-state index contributed by atoms with van der Waals surface area (Å²) in [5, 5.41) is 10.6. The highest BCUT2D eigenvalue weighted by Crippen LogP contribution is 2.21. The fourth-order valence-corrected chi connectivity index (χ4v) is 1.86. The first-order valence-corrected chi connectivity index (χ1v) is 5.74. The molecule has 1 aliphatic rings. The number of imide groups is 1. The summed E-state index contributed by atoms with van der Waals surface area (Å²) < 4.78 is 13.9. The zero-order valence-corrected chi connectivity index (χ0v) is 10.3. The molecular weight excluding hydrogens is 267 g/mol.